The van der Waals surface area contributed by atoms with Crippen LogP contribution in [0.25, 0.3) is 0 Å². The first-order valence-electron chi connectivity index (χ1n) is 10.7. The summed E-state index contributed by atoms with van der Waals surface area (Å²) in [5.41, 5.74) is 1.70. The number of nitriles is 1. The predicted molar refractivity (Wildman–Crippen MR) is 114 cm³/mol. The Morgan fingerprint density at radius 2 is 1.64 bits per heavy atom. The van der Waals surface area contributed by atoms with Crippen molar-refractivity contribution in [2.75, 3.05) is 20.1 Å². The molecule has 2 aromatic carbocycles. The van der Waals surface area contributed by atoms with Gasteiger partial charge in [-0.3, -0.25) is 0 Å². The van der Waals surface area contributed by atoms with Crippen LogP contribution in [0.5, 0.6) is 0 Å². The zero-order valence-electron chi connectivity index (χ0n) is 16.8. The smallest absolute Gasteiger partial charge is 0.110 e. The largest absolute Gasteiger partial charge is 0.313 e. The molecular weight excluding hydrogens is 342 g/mol. The van der Waals surface area contributed by atoms with Gasteiger partial charge >= 0.3 is 0 Å². The van der Waals surface area contributed by atoms with Crippen LogP contribution in [0.1, 0.15) is 43.2 Å². The summed E-state index contributed by atoms with van der Waals surface area (Å²) in [6.45, 7) is 2.28. The highest BCUT2D eigenvalue weighted by atomic mass is 15.2. The molecule has 1 aliphatic carbocycles. The molecule has 3 heteroatoms. The lowest BCUT2D eigenvalue weighted by Crippen LogP contribution is -2.41. The van der Waals surface area contributed by atoms with Gasteiger partial charge in [0, 0.05) is 18.6 Å². The van der Waals surface area contributed by atoms with E-state index in [1.165, 1.54) is 19.3 Å². The van der Waals surface area contributed by atoms with Gasteiger partial charge in [0.25, 0.3) is 0 Å². The first kappa shape index (κ1) is 19.2. The standard InChI is InChI=1S/C25H31N3/c1-28(18-23-13-8-16-27-23)24-15-14-22(17-24)25(19-26,20-9-4-2-5-10-20)21-11-6-3-7-12-21/h2-7,9-12,22-24,27H,8,13-18H2,1H3/t22?,23-,24?/m0/s1. The SMILES string of the molecule is CN(C[C@@H]1CCCN1)C1CCC(C(C#N)(c2ccccc2)c2ccccc2)C1. The lowest BCUT2D eigenvalue weighted by molar-refractivity contribution is 0.216. The molecule has 28 heavy (non-hydrogen) atoms. The highest BCUT2D eigenvalue weighted by Crippen LogP contribution is 2.47. The van der Waals surface area contributed by atoms with Crippen molar-refractivity contribution in [2.24, 2.45) is 5.92 Å². The van der Waals surface area contributed by atoms with E-state index in [-0.39, 0.29) is 0 Å². The lowest BCUT2D eigenvalue weighted by Gasteiger charge is -2.35. The van der Waals surface area contributed by atoms with E-state index in [1.807, 2.05) is 12.1 Å². The van der Waals surface area contributed by atoms with Gasteiger partial charge in [-0.2, -0.15) is 5.26 Å². The summed E-state index contributed by atoms with van der Waals surface area (Å²) in [6, 6.07) is 24.9. The van der Waals surface area contributed by atoms with E-state index in [1.54, 1.807) is 0 Å². The Hall–Kier alpha value is -2.15. The van der Waals surface area contributed by atoms with Crippen LogP contribution in [0.15, 0.2) is 60.7 Å². The van der Waals surface area contributed by atoms with Gasteiger partial charge in [0.2, 0.25) is 0 Å². The fraction of sp³-hybridized carbons (Fsp3) is 0.480. The van der Waals surface area contributed by atoms with E-state index in [4.69, 9.17) is 0 Å². The second-order valence-electron chi connectivity index (χ2n) is 8.55. The fourth-order valence-corrected chi connectivity index (χ4v) is 5.42. The van der Waals surface area contributed by atoms with Crippen LogP contribution in [0.3, 0.4) is 0 Å². The third kappa shape index (κ3) is 3.60. The van der Waals surface area contributed by atoms with Crippen LogP contribution in [0.2, 0.25) is 0 Å². The van der Waals surface area contributed by atoms with Crippen LogP contribution in [0.4, 0.5) is 0 Å². The molecule has 2 aromatic rings. The number of benzene rings is 2. The molecule has 146 valence electrons. The summed E-state index contributed by atoms with van der Waals surface area (Å²) in [6.07, 6.45) is 5.95. The van der Waals surface area contributed by atoms with Crippen LogP contribution in [0, 0.1) is 17.2 Å². The zero-order chi connectivity index (χ0) is 19.4. The van der Waals surface area contributed by atoms with Crippen molar-refractivity contribution in [2.45, 2.75) is 49.6 Å². The number of hydrogen-bond acceptors (Lipinski definition) is 3. The normalized spacial score (nSPS) is 25.1. The maximum absolute atomic E-state index is 10.5. The Kier molecular flexibility index (Phi) is 5.80. The van der Waals surface area contributed by atoms with Gasteiger partial charge in [0.05, 0.1) is 6.07 Å². The first-order valence-corrected chi connectivity index (χ1v) is 10.7. The van der Waals surface area contributed by atoms with Gasteiger partial charge in [-0.1, -0.05) is 60.7 Å². The molecule has 1 heterocycles. The van der Waals surface area contributed by atoms with Crippen molar-refractivity contribution in [1.29, 1.82) is 5.26 Å². The van der Waals surface area contributed by atoms with E-state index in [0.29, 0.717) is 18.0 Å². The van der Waals surface area contributed by atoms with Gasteiger partial charge < -0.3 is 10.2 Å². The number of nitrogens with one attached hydrogen (secondary N) is 1. The molecule has 1 saturated heterocycles. The average molecular weight is 374 g/mol. The third-order valence-electron chi connectivity index (χ3n) is 6.95. The topological polar surface area (TPSA) is 39.1 Å². The Morgan fingerprint density at radius 1 is 1.00 bits per heavy atom. The number of likely N-dealkylation sites (N-methyl/N-ethyl adjacent to an activating group) is 1. The number of rotatable bonds is 6. The van der Waals surface area contributed by atoms with Crippen molar-refractivity contribution >= 4 is 0 Å². The molecule has 4 rings (SSSR count). The average Bonchev–Trinajstić information content (AvgIpc) is 3.43. The lowest BCUT2D eigenvalue weighted by atomic mass is 9.66. The second-order valence-corrected chi connectivity index (χ2v) is 8.55. The molecule has 2 fully saturated rings. The van der Waals surface area contributed by atoms with Crippen LogP contribution in [-0.4, -0.2) is 37.1 Å². The minimum absolute atomic E-state index is 0.339. The van der Waals surface area contributed by atoms with Gasteiger partial charge in [-0.05, 0) is 62.7 Å². The molecule has 0 bridgehead atoms. The molecule has 1 saturated carbocycles. The van der Waals surface area contributed by atoms with Crippen LogP contribution in [-0.2, 0) is 5.41 Å². The van der Waals surface area contributed by atoms with Gasteiger partial charge in [0.15, 0.2) is 0 Å². The Bertz CT molecular complexity index is 750. The maximum atomic E-state index is 10.5. The van der Waals surface area contributed by atoms with E-state index < -0.39 is 5.41 Å². The summed E-state index contributed by atoms with van der Waals surface area (Å²) in [5, 5.41) is 14.1. The molecular formula is C25H31N3. The molecule has 2 aliphatic rings. The molecule has 0 radical (unpaired) electrons. The molecule has 0 spiro atoms. The van der Waals surface area contributed by atoms with E-state index >= 15 is 0 Å². The summed E-state index contributed by atoms with van der Waals surface area (Å²) < 4.78 is 0. The minimum atomic E-state index is -0.566. The van der Waals surface area contributed by atoms with Gasteiger partial charge in [-0.25, -0.2) is 0 Å². The molecule has 0 aromatic heterocycles. The Balaban J connectivity index is 1.60. The number of nitrogens with zero attached hydrogens (tertiary/aromatic N) is 2. The molecule has 3 atom stereocenters. The van der Waals surface area contributed by atoms with Crippen molar-refractivity contribution in [1.82, 2.24) is 10.2 Å². The van der Waals surface area contributed by atoms with Crippen LogP contribution >= 0.6 is 0 Å². The summed E-state index contributed by atoms with van der Waals surface area (Å²) in [5.74, 6) is 0.339. The van der Waals surface area contributed by atoms with Crippen molar-refractivity contribution < 1.29 is 0 Å². The van der Waals surface area contributed by atoms with Crippen molar-refractivity contribution in [3.63, 3.8) is 0 Å². The highest BCUT2D eigenvalue weighted by molar-refractivity contribution is 5.47. The Labute approximate surface area is 169 Å². The molecule has 1 aliphatic heterocycles. The fourth-order valence-electron chi connectivity index (χ4n) is 5.42. The third-order valence-corrected chi connectivity index (χ3v) is 6.95. The summed E-state index contributed by atoms with van der Waals surface area (Å²) in [7, 11) is 2.27. The predicted octanol–water partition coefficient (Wildman–Crippen LogP) is 4.35. The maximum Gasteiger partial charge on any atom is 0.110 e. The van der Waals surface area contributed by atoms with Crippen LogP contribution < -0.4 is 5.32 Å². The summed E-state index contributed by atoms with van der Waals surface area (Å²) in [4.78, 5) is 2.54. The van der Waals surface area contributed by atoms with Gasteiger partial charge in [-0.15, -0.1) is 0 Å². The quantitative estimate of drug-likeness (QED) is 0.818. The summed E-state index contributed by atoms with van der Waals surface area (Å²) >= 11 is 0. The Morgan fingerprint density at radius 3 is 2.18 bits per heavy atom. The van der Waals surface area contributed by atoms with E-state index in [0.717, 1.165) is 37.1 Å². The molecule has 0 amide bonds. The van der Waals surface area contributed by atoms with Gasteiger partial charge in [0.1, 0.15) is 5.41 Å². The second kappa shape index (κ2) is 8.47. The van der Waals surface area contributed by atoms with E-state index in [2.05, 4.69) is 71.9 Å². The monoisotopic (exact) mass is 373 g/mol. The first-order chi connectivity index (χ1) is 13.7. The molecule has 3 nitrogen and oxygen atoms in total. The minimum Gasteiger partial charge on any atom is -0.313 e. The zero-order valence-corrected chi connectivity index (χ0v) is 16.8. The molecule has 1 N–H and O–H groups in total. The van der Waals surface area contributed by atoms with Crippen molar-refractivity contribution in [3.05, 3.63) is 71.8 Å². The van der Waals surface area contributed by atoms with E-state index in [9.17, 15) is 5.26 Å². The van der Waals surface area contributed by atoms with Crippen molar-refractivity contribution in [3.8, 4) is 6.07 Å². The number of hydrogen-bond donors (Lipinski definition) is 1. The highest BCUT2D eigenvalue weighted by Gasteiger charge is 2.46. The molecule has 2 unspecified atom stereocenters.